The summed E-state index contributed by atoms with van der Waals surface area (Å²) in [5.74, 6) is 1.44. The SMILES string of the molecule is NCCCC1CC1c1cn(-c2ccc3ccccc3c2)cn1. The van der Waals surface area contributed by atoms with Gasteiger partial charge in [-0.2, -0.15) is 0 Å². The van der Waals surface area contributed by atoms with Gasteiger partial charge in [-0.1, -0.05) is 30.3 Å². The Kier molecular flexibility index (Phi) is 3.43. The number of hydrogen-bond donors (Lipinski definition) is 1. The lowest BCUT2D eigenvalue weighted by molar-refractivity contribution is 0.655. The van der Waals surface area contributed by atoms with Crippen LogP contribution in [0.5, 0.6) is 0 Å². The van der Waals surface area contributed by atoms with E-state index >= 15 is 0 Å². The van der Waals surface area contributed by atoms with Crippen molar-refractivity contribution in [1.82, 2.24) is 9.55 Å². The van der Waals surface area contributed by atoms with Crippen molar-refractivity contribution in [3.8, 4) is 5.69 Å². The molecule has 1 fully saturated rings. The number of imidazole rings is 1. The molecule has 112 valence electrons. The number of fused-ring (bicyclic) bond motifs is 1. The van der Waals surface area contributed by atoms with Crippen LogP contribution in [0.4, 0.5) is 0 Å². The van der Waals surface area contributed by atoms with E-state index in [0.29, 0.717) is 5.92 Å². The van der Waals surface area contributed by atoms with Crippen molar-refractivity contribution >= 4 is 10.8 Å². The Labute approximate surface area is 130 Å². The fourth-order valence-electron chi connectivity index (χ4n) is 3.32. The molecule has 22 heavy (non-hydrogen) atoms. The van der Waals surface area contributed by atoms with Crippen LogP contribution in [0.15, 0.2) is 55.0 Å². The Bertz CT molecular complexity index is 790. The van der Waals surface area contributed by atoms with E-state index in [1.165, 1.54) is 35.0 Å². The molecule has 3 aromatic rings. The minimum atomic E-state index is 0.647. The van der Waals surface area contributed by atoms with E-state index in [1.807, 2.05) is 6.33 Å². The summed E-state index contributed by atoms with van der Waals surface area (Å²) in [5.41, 5.74) is 8.00. The lowest BCUT2D eigenvalue weighted by atomic mass is 10.1. The van der Waals surface area contributed by atoms with Gasteiger partial charge in [-0.05, 0) is 54.6 Å². The number of nitrogens with zero attached hydrogens (tertiary/aromatic N) is 2. The van der Waals surface area contributed by atoms with Gasteiger partial charge in [-0.25, -0.2) is 4.98 Å². The number of nitrogens with two attached hydrogens (primary N) is 1. The Hall–Kier alpha value is -2.13. The van der Waals surface area contributed by atoms with Crippen LogP contribution >= 0.6 is 0 Å². The summed E-state index contributed by atoms with van der Waals surface area (Å²) in [6, 6.07) is 15.0. The van der Waals surface area contributed by atoms with Gasteiger partial charge >= 0.3 is 0 Å². The van der Waals surface area contributed by atoms with E-state index in [9.17, 15) is 0 Å². The molecule has 1 aliphatic carbocycles. The molecule has 1 saturated carbocycles. The van der Waals surface area contributed by atoms with Crippen molar-refractivity contribution in [1.29, 1.82) is 0 Å². The Morgan fingerprint density at radius 2 is 2.00 bits per heavy atom. The summed E-state index contributed by atoms with van der Waals surface area (Å²) in [6.07, 6.45) is 7.78. The molecule has 0 aliphatic heterocycles. The van der Waals surface area contributed by atoms with Crippen molar-refractivity contribution in [2.24, 2.45) is 11.7 Å². The molecule has 1 heterocycles. The summed E-state index contributed by atoms with van der Waals surface area (Å²) >= 11 is 0. The van der Waals surface area contributed by atoms with Gasteiger partial charge in [0.1, 0.15) is 0 Å². The van der Waals surface area contributed by atoms with Gasteiger partial charge in [0.25, 0.3) is 0 Å². The normalized spacial score (nSPS) is 20.4. The highest BCUT2D eigenvalue weighted by Crippen LogP contribution is 2.49. The zero-order chi connectivity index (χ0) is 14.9. The monoisotopic (exact) mass is 291 g/mol. The molecule has 0 bridgehead atoms. The van der Waals surface area contributed by atoms with Gasteiger partial charge in [0.15, 0.2) is 0 Å². The molecule has 2 aromatic carbocycles. The maximum absolute atomic E-state index is 5.59. The minimum Gasteiger partial charge on any atom is -0.330 e. The highest BCUT2D eigenvalue weighted by Gasteiger charge is 2.39. The van der Waals surface area contributed by atoms with Crippen molar-refractivity contribution in [2.75, 3.05) is 6.54 Å². The second-order valence-electron chi connectivity index (χ2n) is 6.27. The van der Waals surface area contributed by atoms with Crippen LogP contribution in [0.3, 0.4) is 0 Å². The summed E-state index contributed by atoms with van der Waals surface area (Å²) in [7, 11) is 0. The van der Waals surface area contributed by atoms with Crippen LogP contribution in [0.25, 0.3) is 16.5 Å². The second-order valence-corrected chi connectivity index (χ2v) is 6.27. The molecule has 1 aromatic heterocycles. The van der Waals surface area contributed by atoms with Crippen molar-refractivity contribution in [3.63, 3.8) is 0 Å². The molecule has 2 N–H and O–H groups in total. The van der Waals surface area contributed by atoms with Gasteiger partial charge in [-0.15, -0.1) is 0 Å². The predicted molar refractivity (Wildman–Crippen MR) is 90.2 cm³/mol. The summed E-state index contributed by atoms with van der Waals surface area (Å²) in [5, 5.41) is 2.54. The molecule has 2 atom stereocenters. The minimum absolute atomic E-state index is 0.647. The largest absolute Gasteiger partial charge is 0.330 e. The highest BCUT2D eigenvalue weighted by atomic mass is 15.0. The molecular weight excluding hydrogens is 270 g/mol. The van der Waals surface area contributed by atoms with Crippen LogP contribution in [-0.4, -0.2) is 16.1 Å². The molecule has 1 aliphatic rings. The zero-order valence-corrected chi connectivity index (χ0v) is 12.7. The van der Waals surface area contributed by atoms with E-state index in [0.717, 1.165) is 18.9 Å². The maximum atomic E-state index is 5.59. The average molecular weight is 291 g/mol. The Morgan fingerprint density at radius 3 is 2.86 bits per heavy atom. The van der Waals surface area contributed by atoms with E-state index in [4.69, 9.17) is 5.73 Å². The number of hydrogen-bond acceptors (Lipinski definition) is 2. The molecule has 0 amide bonds. The maximum Gasteiger partial charge on any atom is 0.0995 e. The van der Waals surface area contributed by atoms with Gasteiger partial charge in [0, 0.05) is 17.8 Å². The number of benzene rings is 2. The summed E-state index contributed by atoms with van der Waals surface area (Å²) < 4.78 is 2.14. The number of aromatic nitrogens is 2. The number of rotatable bonds is 5. The molecular formula is C19H21N3. The molecule has 0 spiro atoms. The molecule has 0 saturated heterocycles. The van der Waals surface area contributed by atoms with E-state index in [-0.39, 0.29) is 0 Å². The standard InChI is InChI=1S/C19H21N3/c20-9-3-6-16-11-18(16)19-12-22(13-21-19)17-8-7-14-4-1-2-5-15(14)10-17/h1-2,4-5,7-8,10,12-13,16,18H,3,6,9,11,20H2. The first-order chi connectivity index (χ1) is 10.8. The highest BCUT2D eigenvalue weighted by molar-refractivity contribution is 5.84. The van der Waals surface area contributed by atoms with Gasteiger partial charge in [0.05, 0.1) is 12.0 Å². The van der Waals surface area contributed by atoms with Crippen LogP contribution < -0.4 is 5.73 Å². The zero-order valence-electron chi connectivity index (χ0n) is 12.7. The molecule has 3 nitrogen and oxygen atoms in total. The molecule has 4 rings (SSSR count). The second kappa shape index (κ2) is 5.58. The molecule has 0 radical (unpaired) electrons. The predicted octanol–water partition coefficient (Wildman–Crippen LogP) is 3.87. The molecule has 3 heteroatoms. The van der Waals surface area contributed by atoms with Crippen LogP contribution in [-0.2, 0) is 0 Å². The van der Waals surface area contributed by atoms with Gasteiger partial charge < -0.3 is 10.3 Å². The summed E-state index contributed by atoms with van der Waals surface area (Å²) in [6.45, 7) is 0.800. The van der Waals surface area contributed by atoms with Crippen molar-refractivity contribution in [3.05, 3.63) is 60.7 Å². The van der Waals surface area contributed by atoms with E-state index in [1.54, 1.807) is 0 Å². The molecule has 2 unspecified atom stereocenters. The lowest BCUT2D eigenvalue weighted by Gasteiger charge is -2.04. The quantitative estimate of drug-likeness (QED) is 0.775. The topological polar surface area (TPSA) is 43.8 Å². The Balaban J connectivity index is 1.55. The average Bonchev–Trinajstić information content (AvgIpc) is 3.17. The first-order valence-corrected chi connectivity index (χ1v) is 8.08. The first kappa shape index (κ1) is 13.5. The van der Waals surface area contributed by atoms with Crippen LogP contribution in [0, 0.1) is 5.92 Å². The van der Waals surface area contributed by atoms with Gasteiger partial charge in [0.2, 0.25) is 0 Å². The fourth-order valence-corrected chi connectivity index (χ4v) is 3.32. The first-order valence-electron chi connectivity index (χ1n) is 8.08. The third kappa shape index (κ3) is 2.53. The van der Waals surface area contributed by atoms with Crippen molar-refractivity contribution < 1.29 is 0 Å². The van der Waals surface area contributed by atoms with Crippen LogP contribution in [0.2, 0.25) is 0 Å². The van der Waals surface area contributed by atoms with Gasteiger partial charge in [-0.3, -0.25) is 0 Å². The third-order valence-electron chi connectivity index (χ3n) is 4.72. The van der Waals surface area contributed by atoms with Crippen LogP contribution in [0.1, 0.15) is 30.9 Å². The van der Waals surface area contributed by atoms with E-state index in [2.05, 4.69) is 58.2 Å². The lowest BCUT2D eigenvalue weighted by Crippen LogP contribution is -1.98. The Morgan fingerprint density at radius 1 is 1.14 bits per heavy atom. The van der Waals surface area contributed by atoms with E-state index < -0.39 is 0 Å². The fraction of sp³-hybridized carbons (Fsp3) is 0.316. The van der Waals surface area contributed by atoms with Crippen molar-refractivity contribution in [2.45, 2.75) is 25.2 Å². The summed E-state index contributed by atoms with van der Waals surface area (Å²) in [4.78, 5) is 4.62. The third-order valence-corrected chi connectivity index (χ3v) is 4.72. The smallest absolute Gasteiger partial charge is 0.0995 e.